The van der Waals surface area contributed by atoms with E-state index in [4.69, 9.17) is 9.47 Å². The van der Waals surface area contributed by atoms with E-state index < -0.39 is 17.6 Å². The van der Waals surface area contributed by atoms with Crippen molar-refractivity contribution in [3.05, 3.63) is 65.6 Å². The van der Waals surface area contributed by atoms with E-state index in [0.717, 1.165) is 25.0 Å². The first-order valence-corrected chi connectivity index (χ1v) is 11.3. The largest absolute Gasteiger partial charge is 0.491 e. The van der Waals surface area contributed by atoms with Crippen molar-refractivity contribution >= 4 is 23.4 Å². The molecule has 1 fully saturated rings. The van der Waals surface area contributed by atoms with Gasteiger partial charge in [-0.05, 0) is 43.2 Å². The lowest BCUT2D eigenvalue weighted by atomic mass is 10.1. The average Bonchev–Trinajstić information content (AvgIpc) is 3.40. The summed E-state index contributed by atoms with van der Waals surface area (Å²) in [6.45, 7) is 0.982. The molecule has 0 saturated carbocycles. The number of carbonyl (C=O) groups excluding carboxylic acids is 1. The van der Waals surface area contributed by atoms with Crippen molar-refractivity contribution in [2.45, 2.75) is 31.7 Å². The van der Waals surface area contributed by atoms with Crippen LogP contribution in [0.3, 0.4) is 0 Å². The van der Waals surface area contributed by atoms with Crippen LogP contribution in [0.2, 0.25) is 0 Å². The minimum absolute atomic E-state index is 0.00994. The molecule has 1 saturated heterocycles. The van der Waals surface area contributed by atoms with E-state index in [9.17, 15) is 18.0 Å². The Morgan fingerprint density at radius 3 is 2.81 bits per heavy atom. The third-order valence-corrected chi connectivity index (χ3v) is 5.38. The number of anilines is 3. The molecular weight excluding hydrogens is 477 g/mol. The molecule has 9 nitrogen and oxygen atoms in total. The first kappa shape index (κ1) is 25.2. The van der Waals surface area contributed by atoms with E-state index in [-0.39, 0.29) is 42.1 Å². The standard InChI is InChI=1S/C24H25F3N6O3/c1-28-23-30-8-6-16(33-23)13-31-21-20(5-2-7-29-21)22(34)32-17-10-15(24(25,26)27)11-19(12-17)36-14-18-4-3-9-35-18/h2,5-8,10-12,18H,3-4,9,13-14H2,1H3,(H,29,31)(H,32,34)(H,28,30,33)/t18-/m1/s1. The molecule has 36 heavy (non-hydrogen) atoms. The van der Waals surface area contributed by atoms with Gasteiger partial charge in [0, 0.05) is 37.8 Å². The average molecular weight is 502 g/mol. The minimum atomic E-state index is -4.62. The van der Waals surface area contributed by atoms with Gasteiger partial charge in [-0.25, -0.2) is 15.0 Å². The van der Waals surface area contributed by atoms with Gasteiger partial charge in [0.05, 0.1) is 29.5 Å². The fraction of sp³-hybridized carbons (Fsp3) is 0.333. The molecule has 0 aliphatic carbocycles. The second kappa shape index (κ2) is 11.2. The Labute approximate surface area is 205 Å². The molecule has 0 radical (unpaired) electrons. The summed E-state index contributed by atoms with van der Waals surface area (Å²) in [6.07, 6.45) is -0.0283. The predicted molar refractivity (Wildman–Crippen MR) is 127 cm³/mol. The summed E-state index contributed by atoms with van der Waals surface area (Å²) < 4.78 is 51.5. The van der Waals surface area contributed by atoms with Crippen molar-refractivity contribution in [2.75, 3.05) is 36.2 Å². The summed E-state index contributed by atoms with van der Waals surface area (Å²) in [7, 11) is 1.69. The number of hydrogen-bond donors (Lipinski definition) is 3. The van der Waals surface area contributed by atoms with Crippen LogP contribution in [-0.4, -0.2) is 47.2 Å². The van der Waals surface area contributed by atoms with Gasteiger partial charge in [0.2, 0.25) is 5.95 Å². The second-order valence-electron chi connectivity index (χ2n) is 8.02. The van der Waals surface area contributed by atoms with Crippen LogP contribution in [0.4, 0.5) is 30.6 Å². The summed E-state index contributed by atoms with van der Waals surface area (Å²) in [5.41, 5.74) is -0.186. The summed E-state index contributed by atoms with van der Waals surface area (Å²) in [6, 6.07) is 7.91. The summed E-state index contributed by atoms with van der Waals surface area (Å²) in [4.78, 5) is 25.6. The number of hydrogen-bond acceptors (Lipinski definition) is 8. The highest BCUT2D eigenvalue weighted by atomic mass is 19.4. The number of halogens is 3. The summed E-state index contributed by atoms with van der Waals surface area (Å²) in [5.74, 6) is 0.0506. The number of pyridine rings is 1. The summed E-state index contributed by atoms with van der Waals surface area (Å²) in [5, 5.41) is 8.41. The van der Waals surface area contributed by atoms with Gasteiger partial charge in [0.15, 0.2) is 0 Å². The molecule has 1 aromatic carbocycles. The number of aromatic nitrogens is 3. The van der Waals surface area contributed by atoms with E-state index in [2.05, 4.69) is 30.9 Å². The van der Waals surface area contributed by atoms with Gasteiger partial charge < -0.3 is 25.4 Å². The number of nitrogens with one attached hydrogen (secondary N) is 3. The Kier molecular flexibility index (Phi) is 7.84. The van der Waals surface area contributed by atoms with E-state index >= 15 is 0 Å². The Morgan fingerprint density at radius 1 is 1.19 bits per heavy atom. The van der Waals surface area contributed by atoms with Gasteiger partial charge in [-0.15, -0.1) is 0 Å². The smallest absolute Gasteiger partial charge is 0.416 e. The van der Waals surface area contributed by atoms with Crippen LogP contribution in [0.15, 0.2) is 48.8 Å². The highest BCUT2D eigenvalue weighted by molar-refractivity contribution is 6.07. The number of ether oxygens (including phenoxy) is 2. The number of benzene rings is 1. The van der Waals surface area contributed by atoms with Crippen molar-refractivity contribution in [3.8, 4) is 5.75 Å². The topological polar surface area (TPSA) is 110 Å². The van der Waals surface area contributed by atoms with Crippen LogP contribution in [0, 0.1) is 0 Å². The third-order valence-electron chi connectivity index (χ3n) is 5.38. The van der Waals surface area contributed by atoms with Crippen molar-refractivity contribution in [3.63, 3.8) is 0 Å². The molecule has 3 heterocycles. The number of carbonyl (C=O) groups is 1. The van der Waals surface area contributed by atoms with Crippen molar-refractivity contribution in [1.82, 2.24) is 15.0 Å². The second-order valence-corrected chi connectivity index (χ2v) is 8.02. The molecule has 0 bridgehead atoms. The maximum atomic E-state index is 13.5. The van der Waals surface area contributed by atoms with Crippen molar-refractivity contribution < 1.29 is 27.4 Å². The monoisotopic (exact) mass is 502 g/mol. The number of rotatable bonds is 9. The molecule has 1 aliphatic heterocycles. The summed E-state index contributed by atoms with van der Waals surface area (Å²) >= 11 is 0. The molecule has 3 N–H and O–H groups in total. The Balaban J connectivity index is 1.50. The van der Waals surface area contributed by atoms with Gasteiger partial charge in [0.25, 0.3) is 5.91 Å². The molecule has 0 spiro atoms. The van der Waals surface area contributed by atoms with Gasteiger partial charge in [-0.3, -0.25) is 4.79 Å². The number of amides is 1. The highest BCUT2D eigenvalue weighted by Gasteiger charge is 2.32. The maximum Gasteiger partial charge on any atom is 0.416 e. The quantitative estimate of drug-likeness (QED) is 0.396. The van der Waals surface area contributed by atoms with E-state index in [0.29, 0.717) is 18.2 Å². The van der Waals surface area contributed by atoms with E-state index in [1.54, 1.807) is 25.4 Å². The van der Waals surface area contributed by atoms with Crippen LogP contribution >= 0.6 is 0 Å². The molecule has 2 aromatic heterocycles. The van der Waals surface area contributed by atoms with E-state index in [1.165, 1.54) is 18.3 Å². The van der Waals surface area contributed by atoms with Gasteiger partial charge in [0.1, 0.15) is 18.2 Å². The number of alkyl halides is 3. The first-order chi connectivity index (χ1) is 17.3. The Hall–Kier alpha value is -3.93. The van der Waals surface area contributed by atoms with Gasteiger partial charge in [-0.2, -0.15) is 13.2 Å². The Bertz CT molecular complexity index is 1200. The molecule has 3 aromatic rings. The molecule has 1 aliphatic rings. The SMILES string of the molecule is CNc1nccc(CNc2ncccc2C(=O)Nc2cc(OC[C@H]3CCCO3)cc(C(F)(F)F)c2)n1. The van der Waals surface area contributed by atoms with E-state index in [1.807, 2.05) is 0 Å². The van der Waals surface area contributed by atoms with Crippen molar-refractivity contribution in [1.29, 1.82) is 0 Å². The fourth-order valence-corrected chi connectivity index (χ4v) is 3.60. The highest BCUT2D eigenvalue weighted by Crippen LogP contribution is 2.34. The van der Waals surface area contributed by atoms with Crippen LogP contribution < -0.4 is 20.7 Å². The molecule has 190 valence electrons. The molecule has 4 rings (SSSR count). The number of nitrogens with zero attached hydrogens (tertiary/aromatic N) is 3. The van der Waals surface area contributed by atoms with Crippen LogP contribution in [-0.2, 0) is 17.5 Å². The molecule has 0 unspecified atom stereocenters. The van der Waals surface area contributed by atoms with Crippen LogP contribution in [0.5, 0.6) is 5.75 Å². The molecular formula is C24H25F3N6O3. The normalized spacial score (nSPS) is 15.4. The third kappa shape index (κ3) is 6.60. The van der Waals surface area contributed by atoms with Crippen LogP contribution in [0.1, 0.15) is 34.5 Å². The molecule has 1 atom stereocenters. The lowest BCUT2D eigenvalue weighted by Crippen LogP contribution is -2.18. The zero-order valence-corrected chi connectivity index (χ0v) is 19.4. The maximum absolute atomic E-state index is 13.5. The molecule has 1 amide bonds. The molecule has 12 heteroatoms. The predicted octanol–water partition coefficient (Wildman–Crippen LogP) is 4.35. The fourth-order valence-electron chi connectivity index (χ4n) is 3.60. The van der Waals surface area contributed by atoms with Crippen LogP contribution in [0.25, 0.3) is 0 Å². The van der Waals surface area contributed by atoms with Gasteiger partial charge in [-0.1, -0.05) is 0 Å². The minimum Gasteiger partial charge on any atom is -0.491 e. The zero-order valence-electron chi connectivity index (χ0n) is 19.4. The van der Waals surface area contributed by atoms with Crippen molar-refractivity contribution in [2.24, 2.45) is 0 Å². The lowest BCUT2D eigenvalue weighted by molar-refractivity contribution is -0.137. The lowest BCUT2D eigenvalue weighted by Gasteiger charge is -2.16. The zero-order chi connectivity index (χ0) is 25.5. The van der Waals surface area contributed by atoms with Gasteiger partial charge >= 0.3 is 6.18 Å². The Morgan fingerprint density at radius 2 is 2.06 bits per heavy atom. The first-order valence-electron chi connectivity index (χ1n) is 11.3.